The van der Waals surface area contributed by atoms with Crippen LogP contribution in [0.4, 0.5) is 0 Å². The molecule has 0 spiro atoms. The van der Waals surface area contributed by atoms with Crippen LogP contribution in [0.25, 0.3) is 0 Å². The number of esters is 3. The van der Waals surface area contributed by atoms with Crippen molar-refractivity contribution < 1.29 is 28.6 Å². The van der Waals surface area contributed by atoms with Gasteiger partial charge in [0.1, 0.15) is 13.2 Å². The molecule has 0 fully saturated rings. The molecule has 0 saturated heterocycles. The molecule has 0 aliphatic carbocycles. The SMILES string of the molecule is CCCCCCC/C=C\C/C=C\C/C=C\CCCCCCCCCCCCCCCCC(=O)OCC(COC(=O)CCCCCCC)OC(=O)CCCCCCCCCCCCCCCCCC. The number of hydrogen-bond acceptors (Lipinski definition) is 6. The monoisotopic (exact) mass is 955 g/mol. The summed E-state index contributed by atoms with van der Waals surface area (Å²) < 4.78 is 16.7. The van der Waals surface area contributed by atoms with E-state index in [0.717, 1.165) is 77.0 Å². The molecule has 0 heterocycles. The van der Waals surface area contributed by atoms with Crippen molar-refractivity contribution in [1.82, 2.24) is 0 Å². The highest BCUT2D eigenvalue weighted by Gasteiger charge is 2.19. The summed E-state index contributed by atoms with van der Waals surface area (Å²) >= 11 is 0. The van der Waals surface area contributed by atoms with Crippen LogP contribution >= 0.6 is 0 Å². The van der Waals surface area contributed by atoms with Gasteiger partial charge in [0, 0.05) is 19.3 Å². The predicted octanol–water partition coefficient (Wildman–Crippen LogP) is 20.0. The molecule has 1 unspecified atom stereocenters. The average molecular weight is 956 g/mol. The van der Waals surface area contributed by atoms with Gasteiger partial charge in [-0.25, -0.2) is 0 Å². The van der Waals surface area contributed by atoms with Gasteiger partial charge in [0.25, 0.3) is 0 Å². The van der Waals surface area contributed by atoms with Crippen molar-refractivity contribution in [3.05, 3.63) is 36.5 Å². The Morgan fingerprint density at radius 2 is 0.529 bits per heavy atom. The Labute approximate surface area is 423 Å². The smallest absolute Gasteiger partial charge is 0.306 e. The Bertz CT molecular complexity index is 1140. The van der Waals surface area contributed by atoms with E-state index >= 15 is 0 Å². The minimum atomic E-state index is -0.764. The van der Waals surface area contributed by atoms with Crippen molar-refractivity contribution >= 4 is 17.9 Å². The molecule has 0 bridgehead atoms. The number of rotatable bonds is 55. The summed E-state index contributed by atoms with van der Waals surface area (Å²) in [6, 6.07) is 0. The van der Waals surface area contributed by atoms with Crippen LogP contribution in [0, 0.1) is 0 Å². The Kier molecular flexibility index (Phi) is 55.2. The molecule has 0 N–H and O–H groups in total. The second kappa shape index (κ2) is 57.2. The quantitative estimate of drug-likeness (QED) is 0.0262. The van der Waals surface area contributed by atoms with E-state index in [1.807, 2.05) is 0 Å². The lowest BCUT2D eigenvalue weighted by molar-refractivity contribution is -0.167. The molecule has 0 aromatic heterocycles. The maximum Gasteiger partial charge on any atom is 0.306 e. The van der Waals surface area contributed by atoms with Gasteiger partial charge in [0.15, 0.2) is 6.10 Å². The maximum atomic E-state index is 12.8. The van der Waals surface area contributed by atoms with Crippen LogP contribution in [0.3, 0.4) is 0 Å². The summed E-state index contributed by atoms with van der Waals surface area (Å²) in [4.78, 5) is 37.8. The van der Waals surface area contributed by atoms with Crippen LogP contribution in [0.5, 0.6) is 0 Å². The first-order chi connectivity index (χ1) is 33.5. The van der Waals surface area contributed by atoms with E-state index in [2.05, 4.69) is 57.2 Å². The minimum Gasteiger partial charge on any atom is -0.462 e. The molecule has 0 aromatic rings. The van der Waals surface area contributed by atoms with Gasteiger partial charge in [-0.15, -0.1) is 0 Å². The van der Waals surface area contributed by atoms with Crippen LogP contribution < -0.4 is 0 Å². The number of hydrogen-bond donors (Lipinski definition) is 0. The zero-order valence-electron chi connectivity index (χ0n) is 45.6. The topological polar surface area (TPSA) is 78.9 Å². The summed E-state index contributed by atoms with van der Waals surface area (Å²) in [5.41, 5.74) is 0. The van der Waals surface area contributed by atoms with E-state index in [1.54, 1.807) is 0 Å². The molecule has 68 heavy (non-hydrogen) atoms. The second-order valence-corrected chi connectivity index (χ2v) is 20.3. The Morgan fingerprint density at radius 1 is 0.294 bits per heavy atom. The maximum absolute atomic E-state index is 12.8. The fourth-order valence-electron chi connectivity index (χ4n) is 8.86. The zero-order chi connectivity index (χ0) is 49.3. The highest BCUT2D eigenvalue weighted by atomic mass is 16.6. The minimum absolute atomic E-state index is 0.0682. The molecule has 0 amide bonds. The van der Waals surface area contributed by atoms with Crippen molar-refractivity contribution in [3.63, 3.8) is 0 Å². The molecule has 0 saturated carbocycles. The van der Waals surface area contributed by atoms with Crippen LogP contribution in [0.15, 0.2) is 36.5 Å². The van der Waals surface area contributed by atoms with E-state index in [4.69, 9.17) is 14.2 Å². The number of carbonyl (C=O) groups excluding carboxylic acids is 3. The lowest BCUT2D eigenvalue weighted by Gasteiger charge is -2.18. The third-order valence-corrected chi connectivity index (χ3v) is 13.4. The molecule has 0 aliphatic heterocycles. The number of allylic oxidation sites excluding steroid dienone is 6. The molecule has 0 aliphatic rings. The fourth-order valence-corrected chi connectivity index (χ4v) is 8.86. The summed E-state index contributed by atoms with van der Waals surface area (Å²) in [6.45, 7) is 6.59. The van der Waals surface area contributed by atoms with Gasteiger partial charge in [0.05, 0.1) is 0 Å². The molecule has 0 radical (unpaired) electrons. The molecular weight excluding hydrogens is 841 g/mol. The summed E-state index contributed by atoms with van der Waals surface area (Å²) in [5, 5.41) is 0. The molecular formula is C62H114O6. The van der Waals surface area contributed by atoms with Gasteiger partial charge >= 0.3 is 17.9 Å². The molecule has 398 valence electrons. The number of unbranched alkanes of at least 4 members (excludes halogenated alkanes) is 38. The molecule has 1 atom stereocenters. The van der Waals surface area contributed by atoms with E-state index in [1.165, 1.54) is 205 Å². The first-order valence-corrected chi connectivity index (χ1v) is 30.0. The van der Waals surface area contributed by atoms with Crippen LogP contribution in [0.2, 0.25) is 0 Å². The van der Waals surface area contributed by atoms with E-state index < -0.39 is 6.10 Å². The molecule has 0 rings (SSSR count). The highest BCUT2D eigenvalue weighted by Crippen LogP contribution is 2.17. The van der Waals surface area contributed by atoms with Crippen molar-refractivity contribution in [2.24, 2.45) is 0 Å². The number of carbonyl (C=O) groups is 3. The summed E-state index contributed by atoms with van der Waals surface area (Å²) in [5.74, 6) is -0.865. The van der Waals surface area contributed by atoms with Gasteiger partial charge in [0.2, 0.25) is 0 Å². The summed E-state index contributed by atoms with van der Waals surface area (Å²) in [6.07, 6.45) is 69.1. The van der Waals surface area contributed by atoms with E-state index in [9.17, 15) is 14.4 Å². The summed E-state index contributed by atoms with van der Waals surface area (Å²) in [7, 11) is 0. The zero-order valence-corrected chi connectivity index (χ0v) is 45.6. The normalized spacial score (nSPS) is 12.2. The Hall–Kier alpha value is -2.37. The predicted molar refractivity (Wildman–Crippen MR) is 293 cm³/mol. The van der Waals surface area contributed by atoms with Crippen LogP contribution in [-0.4, -0.2) is 37.2 Å². The van der Waals surface area contributed by atoms with Crippen molar-refractivity contribution in [2.75, 3.05) is 13.2 Å². The van der Waals surface area contributed by atoms with Crippen molar-refractivity contribution in [3.8, 4) is 0 Å². The van der Waals surface area contributed by atoms with E-state index in [-0.39, 0.29) is 31.1 Å². The molecule has 6 nitrogen and oxygen atoms in total. The molecule has 6 heteroatoms. The van der Waals surface area contributed by atoms with Gasteiger partial charge in [-0.05, 0) is 57.8 Å². The molecule has 0 aromatic carbocycles. The third kappa shape index (κ3) is 54.6. The van der Waals surface area contributed by atoms with Crippen LogP contribution in [-0.2, 0) is 28.6 Å². The lowest BCUT2D eigenvalue weighted by atomic mass is 10.0. The van der Waals surface area contributed by atoms with Gasteiger partial charge in [-0.1, -0.05) is 282 Å². The van der Waals surface area contributed by atoms with Gasteiger partial charge < -0.3 is 14.2 Å². The van der Waals surface area contributed by atoms with E-state index in [0.29, 0.717) is 19.3 Å². The highest BCUT2D eigenvalue weighted by molar-refractivity contribution is 5.71. The van der Waals surface area contributed by atoms with Crippen molar-refractivity contribution in [1.29, 1.82) is 0 Å². The largest absolute Gasteiger partial charge is 0.462 e. The Morgan fingerprint density at radius 3 is 0.824 bits per heavy atom. The van der Waals surface area contributed by atoms with Gasteiger partial charge in [-0.2, -0.15) is 0 Å². The fraction of sp³-hybridized carbons (Fsp3) is 0.855. The lowest BCUT2D eigenvalue weighted by Crippen LogP contribution is -2.30. The first-order valence-electron chi connectivity index (χ1n) is 30.0. The Balaban J connectivity index is 3.98. The van der Waals surface area contributed by atoms with Crippen LogP contribution in [0.1, 0.15) is 323 Å². The van der Waals surface area contributed by atoms with Gasteiger partial charge in [-0.3, -0.25) is 14.4 Å². The van der Waals surface area contributed by atoms with Crippen molar-refractivity contribution in [2.45, 2.75) is 329 Å². The first kappa shape index (κ1) is 65.6. The number of ether oxygens (including phenoxy) is 3. The standard InChI is InChI=1S/C62H114O6/c1-4-7-10-13-15-17-19-21-23-25-26-27-28-29-30-31-32-33-34-35-36-37-39-40-42-44-46-49-52-55-61(64)67-58-59(57-66-60(63)54-51-48-12-9-6-3)68-62(65)56-53-50-47-45-43-41-38-24-22-20-18-16-14-11-8-5-2/h19,21,25-26,28-29,59H,4-18,20,22-24,27,30-58H2,1-3H3/b21-19-,26-25-,29-28-. The second-order valence-electron chi connectivity index (χ2n) is 20.3. The average Bonchev–Trinajstić information content (AvgIpc) is 3.34. The third-order valence-electron chi connectivity index (χ3n) is 13.4.